The largest absolute Gasteiger partial charge is 0.495 e. The Bertz CT molecular complexity index is 6120. The monoisotopic (exact) mass is 1330 g/mol. The van der Waals surface area contributed by atoms with Crippen LogP contribution in [0, 0.1) is 0 Å². The fourth-order valence-electron chi connectivity index (χ4n) is 13.5. The normalized spacial score (nSPS) is 13.2. The van der Waals surface area contributed by atoms with E-state index in [1.807, 2.05) is 91.0 Å². The fraction of sp³-hybridized carbons (Fsp3) is 0.0787. The lowest BCUT2D eigenvalue weighted by Gasteiger charge is -2.32. The van der Waals surface area contributed by atoms with Crippen LogP contribution in [-0.2, 0) is 9.31 Å². The molecule has 5 heterocycles. The Hall–Kier alpha value is -12.0. The second-order valence-corrected chi connectivity index (χ2v) is 26.4. The van der Waals surface area contributed by atoms with Gasteiger partial charge in [-0.15, -0.1) is 0 Å². The van der Waals surface area contributed by atoms with Gasteiger partial charge in [-0.3, -0.25) is 0 Å². The lowest BCUT2D eigenvalue weighted by molar-refractivity contribution is 0.00578. The van der Waals surface area contributed by atoms with Crippen LogP contribution in [0.25, 0.3) is 166 Å². The maximum Gasteiger partial charge on any atom is 0.495 e. The second kappa shape index (κ2) is 26.4. The Morgan fingerprint density at radius 3 is 1.12 bits per heavy atom. The SMILES string of the molecule is C.CC1(C)OB(c2cccc3oc4cc5ccccc5cc4c23)OC1(C)C.Clc1nc(-c2ccc(-c3ccccc3)cc2)nc(-c2cccc3ccccc23)n1.c1ccc(-c2ccc(-c3nc(-c4cccc5ccccc45)nc(-c4cccc5oc6cc7ccccc7cc6c45)n3)cc2)cc1. The van der Waals surface area contributed by atoms with Gasteiger partial charge in [-0.25, -0.2) is 19.9 Å². The van der Waals surface area contributed by atoms with Gasteiger partial charge in [0.15, 0.2) is 29.1 Å². The van der Waals surface area contributed by atoms with E-state index in [4.69, 9.17) is 49.7 Å². The van der Waals surface area contributed by atoms with Crippen LogP contribution in [-0.4, -0.2) is 48.2 Å². The molecule has 18 aromatic rings. The lowest BCUT2D eigenvalue weighted by atomic mass is 9.76. The van der Waals surface area contributed by atoms with Crippen molar-refractivity contribution < 1.29 is 18.1 Å². The summed E-state index contributed by atoms with van der Waals surface area (Å²) >= 11 is 6.27. The molecule has 14 aromatic carbocycles. The highest BCUT2D eigenvalue weighted by Crippen LogP contribution is 2.42. The first-order valence-electron chi connectivity index (χ1n) is 33.4. The number of hydrogen-bond acceptors (Lipinski definition) is 10. The lowest BCUT2D eigenvalue weighted by Crippen LogP contribution is -2.41. The van der Waals surface area contributed by atoms with Crippen LogP contribution < -0.4 is 5.46 Å². The molecule has 12 heteroatoms. The van der Waals surface area contributed by atoms with Gasteiger partial charge in [0.1, 0.15) is 22.3 Å². The Balaban J connectivity index is 0.000000123. The van der Waals surface area contributed by atoms with E-state index >= 15 is 0 Å². The van der Waals surface area contributed by atoms with Crippen molar-refractivity contribution in [3.8, 4) is 79.2 Å². The molecule has 0 bridgehead atoms. The molecule has 1 fully saturated rings. The Labute approximate surface area is 589 Å². The minimum absolute atomic E-state index is 0. The van der Waals surface area contributed by atoms with Crippen molar-refractivity contribution in [1.29, 1.82) is 0 Å². The van der Waals surface area contributed by atoms with Gasteiger partial charge >= 0.3 is 7.12 Å². The Morgan fingerprint density at radius 2 is 0.614 bits per heavy atom. The molecule has 0 saturated carbocycles. The minimum Gasteiger partial charge on any atom is -0.456 e. The van der Waals surface area contributed by atoms with Crippen molar-refractivity contribution in [2.75, 3.05) is 0 Å². The van der Waals surface area contributed by atoms with Crippen LogP contribution in [0.3, 0.4) is 0 Å². The molecule has 0 spiro atoms. The van der Waals surface area contributed by atoms with Crippen molar-refractivity contribution in [2.24, 2.45) is 0 Å². The summed E-state index contributed by atoms with van der Waals surface area (Å²) in [5.41, 5.74) is 13.0. The zero-order valence-corrected chi connectivity index (χ0v) is 55.9. The molecular formula is C89H66BClN6O4. The van der Waals surface area contributed by atoms with Crippen LogP contribution in [0.15, 0.2) is 312 Å². The molecule has 1 saturated heterocycles. The first-order valence-corrected chi connectivity index (χ1v) is 33.8. The first-order chi connectivity index (χ1) is 48.9. The number of benzene rings is 14. The van der Waals surface area contributed by atoms with Crippen LogP contribution in [0.4, 0.5) is 0 Å². The van der Waals surface area contributed by atoms with Gasteiger partial charge in [-0.05, 0) is 147 Å². The summed E-state index contributed by atoms with van der Waals surface area (Å²) in [7, 11) is -0.407. The molecule has 0 aliphatic carbocycles. The average Bonchev–Trinajstić information content (AvgIpc) is 1.62. The molecule has 0 amide bonds. The van der Waals surface area contributed by atoms with Crippen molar-refractivity contribution in [1.82, 2.24) is 29.9 Å². The van der Waals surface area contributed by atoms with Crippen LogP contribution in [0.2, 0.25) is 5.28 Å². The van der Waals surface area contributed by atoms with E-state index in [0.29, 0.717) is 29.1 Å². The maximum absolute atomic E-state index is 6.39. The van der Waals surface area contributed by atoms with Crippen molar-refractivity contribution in [3.05, 3.63) is 309 Å². The van der Waals surface area contributed by atoms with E-state index in [-0.39, 0.29) is 23.9 Å². The van der Waals surface area contributed by atoms with Crippen molar-refractivity contribution in [2.45, 2.75) is 46.3 Å². The fourth-order valence-corrected chi connectivity index (χ4v) is 13.6. The second-order valence-electron chi connectivity index (χ2n) is 26.1. The van der Waals surface area contributed by atoms with E-state index in [1.165, 1.54) is 21.9 Å². The summed E-state index contributed by atoms with van der Waals surface area (Å²) in [6, 6.07) is 104. The zero-order valence-electron chi connectivity index (χ0n) is 55.1. The van der Waals surface area contributed by atoms with E-state index < -0.39 is 7.12 Å². The number of furan rings is 2. The molecule has 0 N–H and O–H groups in total. The summed E-state index contributed by atoms with van der Waals surface area (Å²) in [6.45, 7) is 8.31. The third kappa shape index (κ3) is 12.2. The summed E-state index contributed by atoms with van der Waals surface area (Å²) in [6.07, 6.45) is 0. The van der Waals surface area contributed by atoms with Crippen molar-refractivity contribution >= 4 is 111 Å². The van der Waals surface area contributed by atoms with Crippen molar-refractivity contribution in [3.63, 3.8) is 0 Å². The smallest absolute Gasteiger partial charge is 0.456 e. The third-order valence-corrected chi connectivity index (χ3v) is 19.5. The van der Waals surface area contributed by atoms with E-state index in [1.54, 1.807) is 0 Å². The first kappa shape index (κ1) is 63.7. The third-order valence-electron chi connectivity index (χ3n) is 19.3. The molecule has 0 unspecified atom stereocenters. The molecule has 19 rings (SSSR count). The van der Waals surface area contributed by atoms with Gasteiger partial charge in [0.05, 0.1) is 11.2 Å². The summed E-state index contributed by atoms with van der Waals surface area (Å²) < 4.78 is 25.1. The van der Waals surface area contributed by atoms with Gasteiger partial charge in [0, 0.05) is 49.4 Å². The number of aromatic nitrogens is 6. The molecule has 0 atom stereocenters. The summed E-state index contributed by atoms with van der Waals surface area (Å²) in [4.78, 5) is 28.8. The zero-order chi connectivity index (χ0) is 67.5. The molecule has 1 aliphatic heterocycles. The van der Waals surface area contributed by atoms with E-state index in [9.17, 15) is 0 Å². The van der Waals surface area contributed by atoms with E-state index in [2.05, 4.69) is 250 Å². The highest BCUT2D eigenvalue weighted by molar-refractivity contribution is 6.66. The molecule has 4 aromatic heterocycles. The quantitative estimate of drug-likeness (QED) is 0.136. The number of hydrogen-bond donors (Lipinski definition) is 0. The highest BCUT2D eigenvalue weighted by Gasteiger charge is 2.52. The highest BCUT2D eigenvalue weighted by atomic mass is 35.5. The predicted molar refractivity (Wildman–Crippen MR) is 416 cm³/mol. The Kier molecular flexibility index (Phi) is 16.6. The molecule has 10 nitrogen and oxygen atoms in total. The van der Waals surface area contributed by atoms with Gasteiger partial charge in [-0.1, -0.05) is 274 Å². The van der Waals surface area contributed by atoms with Crippen LogP contribution in [0.5, 0.6) is 0 Å². The average molecular weight is 1330 g/mol. The van der Waals surface area contributed by atoms with Gasteiger partial charge < -0.3 is 18.1 Å². The summed E-state index contributed by atoms with van der Waals surface area (Å²) in [5, 5.41) is 13.5. The standard InChI is InChI=1S/C41H25N3O.C25H16ClN3.C22H21BO3.CH4/c1-2-10-26(11-3-1)27-20-22-29(23-21-27)39-42-40(33-17-8-15-28-12-6-7-16-32(28)33)44-41(43-39)34-18-9-19-36-38(34)35-24-30-13-4-5-14-31(30)25-37(35)45-36;26-25-28-23(20-15-13-18(14-16-20)17-7-2-1-3-8-17)27-24(29-25)22-12-6-10-19-9-4-5-11-21(19)22;1-21(2)22(3,4)26-23(25-21)17-10-7-11-18-20(17)16-12-14-8-5-6-9-15(14)13-19(16)24-18;/h1-25H;1-16H;5-13H,1-4H3;1H4. The van der Waals surface area contributed by atoms with Crippen LogP contribution >= 0.6 is 11.6 Å². The molecule has 486 valence electrons. The molecule has 1 aliphatic rings. The summed E-state index contributed by atoms with van der Waals surface area (Å²) in [5.74, 6) is 3.00. The predicted octanol–water partition coefficient (Wildman–Crippen LogP) is 23.1. The molecule has 0 radical (unpaired) electrons. The van der Waals surface area contributed by atoms with Gasteiger partial charge in [-0.2, -0.15) is 9.97 Å². The minimum atomic E-state index is -0.407. The molecule has 101 heavy (non-hydrogen) atoms. The number of nitrogens with zero attached hydrogens (tertiary/aromatic N) is 6. The molecular weight excluding hydrogens is 1260 g/mol. The number of rotatable bonds is 8. The van der Waals surface area contributed by atoms with E-state index in [0.717, 1.165) is 121 Å². The van der Waals surface area contributed by atoms with Crippen LogP contribution in [0.1, 0.15) is 35.1 Å². The topological polar surface area (TPSA) is 122 Å². The number of fused-ring (bicyclic) bond motifs is 10. The number of halogens is 1. The maximum atomic E-state index is 6.39. The van der Waals surface area contributed by atoms with Gasteiger partial charge in [0.2, 0.25) is 5.28 Å². The van der Waals surface area contributed by atoms with Gasteiger partial charge in [0.25, 0.3) is 0 Å². The Morgan fingerprint density at radius 1 is 0.277 bits per heavy atom.